The largest absolute Gasteiger partial charge is 0.439 e. The Morgan fingerprint density at radius 1 is 1.09 bits per heavy atom. The number of ether oxygens (including phenoxy) is 2. The molecule has 0 amide bonds. The highest BCUT2D eigenvalue weighted by Gasteiger charge is 2.24. The molecule has 0 bridgehead atoms. The predicted molar refractivity (Wildman–Crippen MR) is 137 cm³/mol. The zero-order valence-electron chi connectivity index (χ0n) is 21.3. The third-order valence-corrected chi connectivity index (χ3v) is 6.14. The van der Waals surface area contributed by atoms with Crippen LogP contribution in [0.4, 0.5) is 4.39 Å². The van der Waals surface area contributed by atoms with Gasteiger partial charge in [-0.3, -0.25) is 4.90 Å². The molecule has 190 valence electrons. The van der Waals surface area contributed by atoms with Gasteiger partial charge in [-0.15, -0.1) is 0 Å². The van der Waals surface area contributed by atoms with E-state index in [0.29, 0.717) is 37.9 Å². The molecular formula is C28H38FN3O3. The van der Waals surface area contributed by atoms with Gasteiger partial charge < -0.3 is 14.6 Å². The molecular weight excluding hydrogens is 445 g/mol. The van der Waals surface area contributed by atoms with Gasteiger partial charge in [-0.1, -0.05) is 38.5 Å². The summed E-state index contributed by atoms with van der Waals surface area (Å²) in [6, 6.07) is 16.0. The van der Waals surface area contributed by atoms with E-state index in [1.807, 2.05) is 37.3 Å². The molecule has 0 aliphatic carbocycles. The molecule has 1 heterocycles. The van der Waals surface area contributed by atoms with E-state index in [-0.39, 0.29) is 11.9 Å². The van der Waals surface area contributed by atoms with Gasteiger partial charge in [-0.25, -0.2) is 9.07 Å². The van der Waals surface area contributed by atoms with Gasteiger partial charge in [0.25, 0.3) is 0 Å². The SMILES string of the molecule is CCCCOC[C@H](O)CN(Cc1c(C)nn(-c2ccccc2)c1Oc1ccc(F)cc1)[C@@H](C)CC. The number of aryl methyl sites for hydroxylation is 1. The van der Waals surface area contributed by atoms with Crippen molar-refractivity contribution in [3.05, 3.63) is 71.7 Å². The number of aliphatic hydroxyl groups is 1. The molecule has 0 fully saturated rings. The maximum absolute atomic E-state index is 13.5. The Balaban J connectivity index is 1.90. The van der Waals surface area contributed by atoms with Gasteiger partial charge in [0.2, 0.25) is 5.88 Å². The number of para-hydroxylation sites is 1. The highest BCUT2D eigenvalue weighted by atomic mass is 19.1. The van der Waals surface area contributed by atoms with Crippen molar-refractivity contribution in [2.45, 2.75) is 65.6 Å². The molecule has 3 aromatic rings. The van der Waals surface area contributed by atoms with E-state index >= 15 is 0 Å². The molecule has 7 heteroatoms. The summed E-state index contributed by atoms with van der Waals surface area (Å²) < 4.78 is 27.2. The second-order valence-corrected chi connectivity index (χ2v) is 8.94. The number of benzene rings is 2. The minimum atomic E-state index is -0.591. The molecule has 1 N–H and O–H groups in total. The number of halogens is 1. The van der Waals surface area contributed by atoms with Gasteiger partial charge >= 0.3 is 0 Å². The van der Waals surface area contributed by atoms with Crippen LogP contribution in [0.1, 0.15) is 51.3 Å². The van der Waals surface area contributed by atoms with Crippen LogP contribution < -0.4 is 4.74 Å². The Kier molecular flexibility index (Phi) is 10.3. The highest BCUT2D eigenvalue weighted by Crippen LogP contribution is 2.32. The van der Waals surface area contributed by atoms with Crippen LogP contribution in [0.3, 0.4) is 0 Å². The van der Waals surface area contributed by atoms with E-state index in [1.54, 1.807) is 16.8 Å². The summed E-state index contributed by atoms with van der Waals surface area (Å²) in [4.78, 5) is 2.24. The Labute approximate surface area is 208 Å². The summed E-state index contributed by atoms with van der Waals surface area (Å²) in [7, 11) is 0. The van der Waals surface area contributed by atoms with Gasteiger partial charge in [0, 0.05) is 25.7 Å². The number of unbranched alkanes of at least 4 members (excludes halogenated alkanes) is 1. The lowest BCUT2D eigenvalue weighted by atomic mass is 10.1. The van der Waals surface area contributed by atoms with Gasteiger partial charge in [-0.2, -0.15) is 5.10 Å². The number of hydrogen-bond donors (Lipinski definition) is 1. The first-order valence-electron chi connectivity index (χ1n) is 12.5. The lowest BCUT2D eigenvalue weighted by Crippen LogP contribution is -2.40. The van der Waals surface area contributed by atoms with E-state index in [4.69, 9.17) is 14.6 Å². The highest BCUT2D eigenvalue weighted by molar-refractivity contribution is 5.43. The second-order valence-electron chi connectivity index (χ2n) is 8.94. The summed E-state index contributed by atoms with van der Waals surface area (Å²) in [6.45, 7) is 10.4. The maximum Gasteiger partial charge on any atom is 0.227 e. The standard InChI is InChI=1S/C28H38FN3O3/c1-5-7-17-34-20-25(33)18-31(21(3)6-2)19-27-22(4)30-32(24-11-9-8-10-12-24)28(27)35-26-15-13-23(29)14-16-26/h8-16,21,25,33H,5-7,17-20H2,1-4H3/t21-,25+/m0/s1. The van der Waals surface area contributed by atoms with Crippen molar-refractivity contribution in [3.8, 4) is 17.3 Å². The molecule has 1 aromatic heterocycles. The summed E-state index contributed by atoms with van der Waals surface area (Å²) in [6.07, 6.45) is 2.40. The summed E-state index contributed by atoms with van der Waals surface area (Å²) >= 11 is 0. The maximum atomic E-state index is 13.5. The lowest BCUT2D eigenvalue weighted by Gasteiger charge is -2.30. The minimum Gasteiger partial charge on any atom is -0.439 e. The van der Waals surface area contributed by atoms with Crippen molar-refractivity contribution in [2.75, 3.05) is 19.8 Å². The Bertz CT molecular complexity index is 1020. The fraction of sp³-hybridized carbons (Fsp3) is 0.464. The van der Waals surface area contributed by atoms with Crippen molar-refractivity contribution >= 4 is 0 Å². The summed E-state index contributed by atoms with van der Waals surface area (Å²) in [5, 5.41) is 15.5. The Morgan fingerprint density at radius 3 is 2.46 bits per heavy atom. The molecule has 0 aliphatic rings. The van der Waals surface area contributed by atoms with Crippen LogP contribution in [0.5, 0.6) is 11.6 Å². The first-order valence-corrected chi connectivity index (χ1v) is 12.5. The van der Waals surface area contributed by atoms with E-state index in [9.17, 15) is 9.50 Å². The molecule has 2 atom stereocenters. The van der Waals surface area contributed by atoms with E-state index in [2.05, 4.69) is 25.7 Å². The molecule has 0 aliphatic heterocycles. The quantitative estimate of drug-likeness (QED) is 0.290. The third-order valence-electron chi connectivity index (χ3n) is 6.14. The van der Waals surface area contributed by atoms with Crippen LogP contribution >= 0.6 is 0 Å². The number of hydrogen-bond acceptors (Lipinski definition) is 5. The molecule has 0 unspecified atom stereocenters. The van der Waals surface area contributed by atoms with Crippen molar-refractivity contribution < 1.29 is 19.0 Å². The predicted octanol–water partition coefficient (Wildman–Crippen LogP) is 5.89. The average Bonchev–Trinajstić information content (AvgIpc) is 3.17. The van der Waals surface area contributed by atoms with Crippen LogP contribution in [0.2, 0.25) is 0 Å². The van der Waals surface area contributed by atoms with Gasteiger partial charge in [0.15, 0.2) is 0 Å². The fourth-order valence-electron chi connectivity index (χ4n) is 3.83. The van der Waals surface area contributed by atoms with Crippen LogP contribution in [-0.4, -0.2) is 51.7 Å². The first-order chi connectivity index (χ1) is 16.9. The molecule has 3 rings (SSSR count). The number of nitrogens with zero attached hydrogens (tertiary/aromatic N) is 3. The molecule has 35 heavy (non-hydrogen) atoms. The van der Waals surface area contributed by atoms with E-state index in [0.717, 1.165) is 36.2 Å². The first kappa shape index (κ1) is 26.9. The third kappa shape index (κ3) is 7.62. The Hall–Kier alpha value is -2.74. The van der Waals surface area contributed by atoms with E-state index in [1.165, 1.54) is 12.1 Å². The molecule has 0 spiro atoms. The zero-order valence-corrected chi connectivity index (χ0v) is 21.3. The Morgan fingerprint density at radius 2 is 1.80 bits per heavy atom. The molecule has 2 aromatic carbocycles. The van der Waals surface area contributed by atoms with Crippen LogP contribution in [0, 0.1) is 12.7 Å². The topological polar surface area (TPSA) is 59.8 Å². The normalized spacial score (nSPS) is 13.2. The van der Waals surface area contributed by atoms with Crippen molar-refractivity contribution in [1.29, 1.82) is 0 Å². The summed E-state index contributed by atoms with van der Waals surface area (Å²) in [5.41, 5.74) is 2.64. The molecule has 0 saturated heterocycles. The molecule has 0 saturated carbocycles. The van der Waals surface area contributed by atoms with Gasteiger partial charge in [0.05, 0.1) is 29.7 Å². The van der Waals surface area contributed by atoms with Crippen molar-refractivity contribution in [3.63, 3.8) is 0 Å². The molecule has 0 radical (unpaired) electrons. The van der Waals surface area contributed by atoms with Crippen LogP contribution in [0.15, 0.2) is 54.6 Å². The van der Waals surface area contributed by atoms with E-state index < -0.39 is 6.10 Å². The smallest absolute Gasteiger partial charge is 0.227 e. The van der Waals surface area contributed by atoms with Crippen LogP contribution in [-0.2, 0) is 11.3 Å². The minimum absolute atomic E-state index is 0.235. The number of aliphatic hydroxyl groups excluding tert-OH is 1. The monoisotopic (exact) mass is 483 g/mol. The summed E-state index contributed by atoms with van der Waals surface area (Å²) in [5.74, 6) is 0.801. The fourth-order valence-corrected chi connectivity index (χ4v) is 3.83. The molecule has 6 nitrogen and oxygen atoms in total. The lowest BCUT2D eigenvalue weighted by molar-refractivity contribution is 0.00658. The number of rotatable bonds is 14. The van der Waals surface area contributed by atoms with Crippen molar-refractivity contribution in [1.82, 2.24) is 14.7 Å². The zero-order chi connectivity index (χ0) is 25.2. The number of aromatic nitrogens is 2. The van der Waals surface area contributed by atoms with Crippen LogP contribution in [0.25, 0.3) is 5.69 Å². The average molecular weight is 484 g/mol. The van der Waals surface area contributed by atoms with Gasteiger partial charge in [0.1, 0.15) is 11.6 Å². The van der Waals surface area contributed by atoms with Crippen molar-refractivity contribution in [2.24, 2.45) is 0 Å². The second kappa shape index (κ2) is 13.4. The van der Waals surface area contributed by atoms with Gasteiger partial charge in [-0.05, 0) is 63.1 Å².